The first-order valence-electron chi connectivity index (χ1n) is 6.57. The minimum Gasteiger partial charge on any atom is -0.327 e. The highest BCUT2D eigenvalue weighted by atomic mass is 19.1. The second-order valence-electron chi connectivity index (χ2n) is 4.51. The van der Waals surface area contributed by atoms with Crippen molar-refractivity contribution in [3.05, 3.63) is 29.8 Å². The molecule has 2 rings (SSSR count). The van der Waals surface area contributed by atoms with E-state index >= 15 is 0 Å². The van der Waals surface area contributed by atoms with Crippen LogP contribution in [0, 0.1) is 5.82 Å². The molecule has 0 aliphatic heterocycles. The van der Waals surface area contributed by atoms with Gasteiger partial charge < -0.3 is 9.88 Å². The fourth-order valence-electron chi connectivity index (χ4n) is 2.32. The maximum Gasteiger partial charge on any atom is 0.151 e. The summed E-state index contributed by atoms with van der Waals surface area (Å²) in [5.41, 5.74) is 1.36. The Morgan fingerprint density at radius 2 is 2.17 bits per heavy atom. The van der Waals surface area contributed by atoms with E-state index in [0.29, 0.717) is 5.52 Å². The molecule has 0 aliphatic carbocycles. The summed E-state index contributed by atoms with van der Waals surface area (Å²) in [5.74, 6) is 0.672. The zero-order valence-corrected chi connectivity index (χ0v) is 11.2. The number of fused-ring (bicyclic) bond motifs is 1. The first-order chi connectivity index (χ1) is 8.69. The van der Waals surface area contributed by atoms with Gasteiger partial charge in [-0.2, -0.15) is 0 Å². The fourth-order valence-corrected chi connectivity index (χ4v) is 2.32. The van der Waals surface area contributed by atoms with E-state index < -0.39 is 0 Å². The zero-order valence-electron chi connectivity index (χ0n) is 11.2. The quantitative estimate of drug-likeness (QED) is 0.881. The Kier molecular flexibility index (Phi) is 3.97. The lowest BCUT2D eigenvalue weighted by Crippen LogP contribution is -2.21. The van der Waals surface area contributed by atoms with Crippen LogP contribution in [0.4, 0.5) is 4.39 Å². The highest BCUT2D eigenvalue weighted by Gasteiger charge is 2.17. The molecule has 0 aliphatic rings. The van der Waals surface area contributed by atoms with E-state index in [1.54, 1.807) is 6.07 Å². The van der Waals surface area contributed by atoms with Gasteiger partial charge in [0.1, 0.15) is 11.3 Å². The van der Waals surface area contributed by atoms with Crippen LogP contribution >= 0.6 is 0 Å². The number of rotatable bonds is 5. The van der Waals surface area contributed by atoms with Crippen LogP contribution in [-0.2, 0) is 6.54 Å². The number of benzene rings is 1. The van der Waals surface area contributed by atoms with Crippen molar-refractivity contribution in [3.63, 3.8) is 0 Å². The molecule has 1 unspecified atom stereocenters. The number of nitrogens with zero attached hydrogens (tertiary/aromatic N) is 2. The summed E-state index contributed by atoms with van der Waals surface area (Å²) < 4.78 is 15.9. The molecule has 0 amide bonds. The Hall–Kier alpha value is -1.42. The molecular formula is C14H20FN3. The van der Waals surface area contributed by atoms with E-state index in [2.05, 4.69) is 35.6 Å². The van der Waals surface area contributed by atoms with Gasteiger partial charge in [0.2, 0.25) is 0 Å². The largest absolute Gasteiger partial charge is 0.327 e. The van der Waals surface area contributed by atoms with Crippen LogP contribution in [0.5, 0.6) is 0 Å². The van der Waals surface area contributed by atoms with Crippen LogP contribution in [0.25, 0.3) is 11.0 Å². The number of para-hydroxylation sites is 1. The highest BCUT2D eigenvalue weighted by molar-refractivity contribution is 5.76. The monoisotopic (exact) mass is 249 g/mol. The number of hydrogen-bond donors (Lipinski definition) is 1. The molecule has 18 heavy (non-hydrogen) atoms. The SMILES string of the molecule is CCCn1c(C(C)NCC)nc2c(F)cccc21. The molecule has 0 radical (unpaired) electrons. The molecule has 3 nitrogen and oxygen atoms in total. The summed E-state index contributed by atoms with van der Waals surface area (Å²) >= 11 is 0. The second kappa shape index (κ2) is 5.48. The van der Waals surface area contributed by atoms with Gasteiger partial charge in [-0.15, -0.1) is 0 Å². The molecule has 0 bridgehead atoms. The van der Waals surface area contributed by atoms with E-state index in [9.17, 15) is 4.39 Å². The smallest absolute Gasteiger partial charge is 0.151 e. The van der Waals surface area contributed by atoms with Gasteiger partial charge in [-0.05, 0) is 32.0 Å². The highest BCUT2D eigenvalue weighted by Crippen LogP contribution is 2.23. The molecule has 1 N–H and O–H groups in total. The average molecular weight is 249 g/mol. The topological polar surface area (TPSA) is 29.9 Å². The van der Waals surface area contributed by atoms with Crippen LogP contribution < -0.4 is 5.32 Å². The molecule has 1 heterocycles. The number of hydrogen-bond acceptors (Lipinski definition) is 2. The summed E-state index contributed by atoms with van der Waals surface area (Å²) in [6, 6.07) is 5.28. The van der Waals surface area contributed by atoms with Crippen molar-refractivity contribution in [2.75, 3.05) is 6.54 Å². The Bertz CT molecular complexity index is 533. The summed E-state index contributed by atoms with van der Waals surface area (Å²) in [7, 11) is 0. The second-order valence-corrected chi connectivity index (χ2v) is 4.51. The molecule has 0 spiro atoms. The number of imidazole rings is 1. The van der Waals surface area contributed by atoms with E-state index in [-0.39, 0.29) is 11.9 Å². The maximum atomic E-state index is 13.8. The van der Waals surface area contributed by atoms with Gasteiger partial charge >= 0.3 is 0 Å². The average Bonchev–Trinajstić information content (AvgIpc) is 2.71. The lowest BCUT2D eigenvalue weighted by molar-refractivity contribution is 0.527. The Morgan fingerprint density at radius 3 is 2.83 bits per heavy atom. The minimum absolute atomic E-state index is 0.133. The van der Waals surface area contributed by atoms with Crippen molar-refractivity contribution < 1.29 is 4.39 Å². The molecule has 4 heteroatoms. The first kappa shape index (κ1) is 13.0. The number of aromatic nitrogens is 2. The van der Waals surface area contributed by atoms with Crippen molar-refractivity contribution in [3.8, 4) is 0 Å². The normalized spacial score (nSPS) is 13.1. The van der Waals surface area contributed by atoms with Gasteiger partial charge in [-0.1, -0.05) is 19.9 Å². The predicted molar refractivity (Wildman–Crippen MR) is 72.1 cm³/mol. The van der Waals surface area contributed by atoms with Crippen LogP contribution in [0.1, 0.15) is 39.1 Å². The molecule has 2 aromatic rings. The fraction of sp³-hybridized carbons (Fsp3) is 0.500. The zero-order chi connectivity index (χ0) is 13.1. The molecule has 1 aromatic heterocycles. The lowest BCUT2D eigenvalue weighted by atomic mass is 10.3. The van der Waals surface area contributed by atoms with Crippen molar-refractivity contribution in [1.82, 2.24) is 14.9 Å². The van der Waals surface area contributed by atoms with Gasteiger partial charge in [0, 0.05) is 6.54 Å². The van der Waals surface area contributed by atoms with Gasteiger partial charge in [-0.3, -0.25) is 0 Å². The molecule has 98 valence electrons. The van der Waals surface area contributed by atoms with Gasteiger partial charge in [0.15, 0.2) is 5.82 Å². The third-order valence-corrected chi connectivity index (χ3v) is 3.10. The van der Waals surface area contributed by atoms with Crippen molar-refractivity contribution in [2.24, 2.45) is 0 Å². The van der Waals surface area contributed by atoms with E-state index in [1.165, 1.54) is 6.07 Å². The van der Waals surface area contributed by atoms with Gasteiger partial charge in [-0.25, -0.2) is 9.37 Å². The summed E-state index contributed by atoms with van der Waals surface area (Å²) in [6.45, 7) is 7.98. The number of halogens is 1. The third-order valence-electron chi connectivity index (χ3n) is 3.10. The van der Waals surface area contributed by atoms with Crippen LogP contribution in [0.2, 0.25) is 0 Å². The molecule has 1 aromatic carbocycles. The van der Waals surface area contributed by atoms with Gasteiger partial charge in [0.25, 0.3) is 0 Å². The molecule has 1 atom stereocenters. The summed E-state index contributed by atoms with van der Waals surface area (Å²) in [6.07, 6.45) is 1.01. The van der Waals surface area contributed by atoms with Crippen molar-refractivity contribution in [2.45, 2.75) is 39.8 Å². The molecule has 0 fully saturated rings. The standard InChI is InChI=1S/C14H20FN3/c1-4-9-18-12-8-6-7-11(15)13(12)17-14(18)10(3)16-5-2/h6-8,10,16H,4-5,9H2,1-3H3. The molecular weight excluding hydrogens is 229 g/mol. The summed E-state index contributed by atoms with van der Waals surface area (Å²) in [4.78, 5) is 4.47. The van der Waals surface area contributed by atoms with Crippen molar-refractivity contribution >= 4 is 11.0 Å². The van der Waals surface area contributed by atoms with E-state index in [4.69, 9.17) is 0 Å². The minimum atomic E-state index is -0.243. The van der Waals surface area contributed by atoms with E-state index in [0.717, 1.165) is 30.9 Å². The Labute approximate surface area is 107 Å². The van der Waals surface area contributed by atoms with Gasteiger partial charge in [0.05, 0.1) is 11.6 Å². The van der Waals surface area contributed by atoms with Crippen LogP contribution in [-0.4, -0.2) is 16.1 Å². The molecule has 0 saturated heterocycles. The van der Waals surface area contributed by atoms with Crippen molar-refractivity contribution in [1.29, 1.82) is 0 Å². The van der Waals surface area contributed by atoms with Crippen LogP contribution in [0.3, 0.4) is 0 Å². The van der Waals surface area contributed by atoms with Crippen LogP contribution in [0.15, 0.2) is 18.2 Å². The predicted octanol–water partition coefficient (Wildman–Crippen LogP) is 3.26. The Morgan fingerprint density at radius 1 is 1.39 bits per heavy atom. The van der Waals surface area contributed by atoms with E-state index in [1.807, 2.05) is 6.07 Å². The molecule has 0 saturated carbocycles. The maximum absolute atomic E-state index is 13.8. The lowest BCUT2D eigenvalue weighted by Gasteiger charge is -2.14. The Balaban J connectivity index is 2.57. The first-order valence-corrected chi connectivity index (χ1v) is 6.57. The summed E-state index contributed by atoms with van der Waals surface area (Å²) in [5, 5.41) is 3.34. The number of aryl methyl sites for hydroxylation is 1. The number of nitrogens with one attached hydrogen (secondary N) is 1. The third kappa shape index (κ3) is 2.25.